The average Bonchev–Trinajstić information content (AvgIpc) is 1.95. The fraction of sp³-hybridized carbons (Fsp3) is 1.00. The van der Waals surface area contributed by atoms with E-state index in [-0.39, 0.29) is 5.60 Å². The summed E-state index contributed by atoms with van der Waals surface area (Å²) in [6.07, 6.45) is 1.50. The van der Waals surface area contributed by atoms with Crippen LogP contribution in [-0.4, -0.2) is 24.3 Å². The molecule has 0 saturated carbocycles. The van der Waals surface area contributed by atoms with Crippen molar-refractivity contribution < 1.29 is 4.74 Å². The first-order valence-electron chi connectivity index (χ1n) is 4.47. The number of hydrogen-bond donors (Lipinski definition) is 1. The second-order valence-electron chi connectivity index (χ2n) is 3.88. The molecule has 0 aliphatic carbocycles. The Kier molecular flexibility index (Phi) is 2.55. The van der Waals surface area contributed by atoms with E-state index in [4.69, 9.17) is 4.74 Å². The molecule has 1 aliphatic rings. The van der Waals surface area contributed by atoms with E-state index >= 15 is 0 Å². The van der Waals surface area contributed by atoms with E-state index in [1.54, 1.807) is 0 Å². The molecule has 1 N–H and O–H groups in total. The van der Waals surface area contributed by atoms with Crippen molar-refractivity contribution in [3.05, 3.63) is 0 Å². The van der Waals surface area contributed by atoms with Gasteiger partial charge in [0.15, 0.2) is 0 Å². The molecule has 2 unspecified atom stereocenters. The van der Waals surface area contributed by atoms with Gasteiger partial charge in [0, 0.05) is 12.6 Å². The number of hydrogen-bond acceptors (Lipinski definition) is 2. The van der Waals surface area contributed by atoms with Crippen LogP contribution in [0.15, 0.2) is 0 Å². The van der Waals surface area contributed by atoms with Crippen molar-refractivity contribution in [1.82, 2.24) is 5.32 Å². The molecule has 1 saturated heterocycles. The minimum absolute atomic E-state index is 0.00106. The lowest BCUT2D eigenvalue weighted by Crippen LogP contribution is -2.56. The van der Waals surface area contributed by atoms with Crippen molar-refractivity contribution in [3.63, 3.8) is 0 Å². The predicted octanol–water partition coefficient (Wildman–Crippen LogP) is 1.55. The monoisotopic (exact) mass is 157 g/mol. The third kappa shape index (κ3) is 1.94. The first kappa shape index (κ1) is 9.01. The minimum atomic E-state index is -0.00106. The zero-order chi connectivity index (χ0) is 8.48. The fourth-order valence-corrected chi connectivity index (χ4v) is 1.35. The molecular formula is C9H19NO. The van der Waals surface area contributed by atoms with Crippen molar-refractivity contribution in [1.29, 1.82) is 0 Å². The SMILES string of the molecule is CCC1CNC(C)C(C)(C)O1. The molecule has 1 aliphatic heterocycles. The van der Waals surface area contributed by atoms with Crippen LogP contribution in [0, 0.1) is 0 Å². The minimum Gasteiger partial charge on any atom is -0.369 e. The van der Waals surface area contributed by atoms with Gasteiger partial charge in [-0.2, -0.15) is 0 Å². The predicted molar refractivity (Wildman–Crippen MR) is 46.7 cm³/mol. The first-order valence-corrected chi connectivity index (χ1v) is 4.47. The summed E-state index contributed by atoms with van der Waals surface area (Å²) in [6.45, 7) is 9.63. The zero-order valence-corrected chi connectivity index (χ0v) is 7.98. The Morgan fingerprint density at radius 2 is 2.18 bits per heavy atom. The van der Waals surface area contributed by atoms with Crippen molar-refractivity contribution in [2.24, 2.45) is 0 Å². The van der Waals surface area contributed by atoms with Gasteiger partial charge in [-0.25, -0.2) is 0 Å². The van der Waals surface area contributed by atoms with Crippen LogP contribution < -0.4 is 5.32 Å². The Balaban J connectivity index is 2.52. The maximum atomic E-state index is 5.87. The van der Waals surface area contributed by atoms with E-state index in [0.29, 0.717) is 12.1 Å². The van der Waals surface area contributed by atoms with E-state index in [9.17, 15) is 0 Å². The highest BCUT2D eigenvalue weighted by Crippen LogP contribution is 2.22. The Morgan fingerprint density at radius 1 is 1.55 bits per heavy atom. The lowest BCUT2D eigenvalue weighted by Gasteiger charge is -2.41. The van der Waals surface area contributed by atoms with Gasteiger partial charge in [-0.1, -0.05) is 6.92 Å². The molecule has 0 aromatic carbocycles. The molecule has 2 nitrogen and oxygen atoms in total. The highest BCUT2D eigenvalue weighted by Gasteiger charge is 2.33. The molecule has 1 heterocycles. The van der Waals surface area contributed by atoms with Gasteiger partial charge in [-0.05, 0) is 27.2 Å². The third-order valence-corrected chi connectivity index (χ3v) is 2.62. The lowest BCUT2D eigenvalue weighted by molar-refractivity contribution is -0.117. The van der Waals surface area contributed by atoms with Crippen LogP contribution in [0.25, 0.3) is 0 Å². The van der Waals surface area contributed by atoms with Gasteiger partial charge in [0.1, 0.15) is 0 Å². The Bertz CT molecular complexity index is 134. The smallest absolute Gasteiger partial charge is 0.0780 e. The van der Waals surface area contributed by atoms with Crippen LogP contribution in [0.3, 0.4) is 0 Å². The van der Waals surface area contributed by atoms with Crippen LogP contribution in [0.1, 0.15) is 34.1 Å². The highest BCUT2D eigenvalue weighted by molar-refractivity contribution is 4.88. The number of rotatable bonds is 1. The summed E-state index contributed by atoms with van der Waals surface area (Å²) < 4.78 is 5.87. The molecular weight excluding hydrogens is 138 g/mol. The summed E-state index contributed by atoms with van der Waals surface area (Å²) >= 11 is 0. The summed E-state index contributed by atoms with van der Waals surface area (Å²) in [6, 6.07) is 0.463. The summed E-state index contributed by atoms with van der Waals surface area (Å²) in [7, 11) is 0. The molecule has 1 fully saturated rings. The average molecular weight is 157 g/mol. The number of nitrogens with one attached hydrogen (secondary N) is 1. The van der Waals surface area contributed by atoms with Crippen LogP contribution in [0.5, 0.6) is 0 Å². The molecule has 2 heteroatoms. The Hall–Kier alpha value is -0.0800. The topological polar surface area (TPSA) is 21.3 Å². The Morgan fingerprint density at radius 3 is 2.64 bits per heavy atom. The van der Waals surface area contributed by atoms with Crippen LogP contribution in [0.2, 0.25) is 0 Å². The molecule has 1 rings (SSSR count). The van der Waals surface area contributed by atoms with Gasteiger partial charge >= 0.3 is 0 Å². The van der Waals surface area contributed by atoms with E-state index in [1.165, 1.54) is 0 Å². The van der Waals surface area contributed by atoms with Gasteiger partial charge in [0.2, 0.25) is 0 Å². The van der Waals surface area contributed by atoms with Gasteiger partial charge in [-0.3, -0.25) is 0 Å². The van der Waals surface area contributed by atoms with E-state index in [1.807, 2.05) is 0 Å². The zero-order valence-electron chi connectivity index (χ0n) is 7.98. The van der Waals surface area contributed by atoms with Gasteiger partial charge in [-0.15, -0.1) is 0 Å². The largest absolute Gasteiger partial charge is 0.369 e. The number of morpholine rings is 1. The third-order valence-electron chi connectivity index (χ3n) is 2.62. The lowest BCUT2D eigenvalue weighted by atomic mass is 9.97. The van der Waals surface area contributed by atoms with Crippen molar-refractivity contribution >= 4 is 0 Å². The number of ether oxygens (including phenoxy) is 1. The standard InChI is InChI=1S/C9H19NO/c1-5-8-6-10-7(2)9(3,4)11-8/h7-8,10H,5-6H2,1-4H3. The maximum Gasteiger partial charge on any atom is 0.0780 e. The van der Waals surface area contributed by atoms with E-state index in [2.05, 4.69) is 33.0 Å². The Labute approximate surface area is 69.3 Å². The molecule has 0 aromatic rings. The summed E-state index contributed by atoms with van der Waals surface area (Å²) in [4.78, 5) is 0. The highest BCUT2D eigenvalue weighted by atomic mass is 16.5. The molecule has 0 bridgehead atoms. The molecule has 0 amide bonds. The molecule has 66 valence electrons. The van der Waals surface area contributed by atoms with E-state index in [0.717, 1.165) is 13.0 Å². The van der Waals surface area contributed by atoms with Crippen LogP contribution in [-0.2, 0) is 4.74 Å². The van der Waals surface area contributed by atoms with Crippen molar-refractivity contribution in [2.45, 2.75) is 51.9 Å². The fourth-order valence-electron chi connectivity index (χ4n) is 1.35. The van der Waals surface area contributed by atoms with E-state index < -0.39 is 0 Å². The maximum absolute atomic E-state index is 5.87. The second kappa shape index (κ2) is 3.11. The summed E-state index contributed by atoms with van der Waals surface area (Å²) in [5.74, 6) is 0. The second-order valence-corrected chi connectivity index (χ2v) is 3.88. The van der Waals surface area contributed by atoms with Crippen LogP contribution >= 0.6 is 0 Å². The van der Waals surface area contributed by atoms with Gasteiger partial charge in [0.05, 0.1) is 11.7 Å². The molecule has 0 aromatic heterocycles. The molecule has 11 heavy (non-hydrogen) atoms. The summed E-state index contributed by atoms with van der Waals surface area (Å²) in [5, 5.41) is 3.45. The summed E-state index contributed by atoms with van der Waals surface area (Å²) in [5.41, 5.74) is -0.00106. The molecule has 0 spiro atoms. The molecule has 0 radical (unpaired) electrons. The van der Waals surface area contributed by atoms with Gasteiger partial charge in [0.25, 0.3) is 0 Å². The first-order chi connectivity index (χ1) is 5.06. The van der Waals surface area contributed by atoms with Crippen LogP contribution in [0.4, 0.5) is 0 Å². The quantitative estimate of drug-likeness (QED) is 0.623. The van der Waals surface area contributed by atoms with Crippen molar-refractivity contribution in [2.75, 3.05) is 6.54 Å². The van der Waals surface area contributed by atoms with Crippen molar-refractivity contribution in [3.8, 4) is 0 Å². The van der Waals surface area contributed by atoms with Gasteiger partial charge < -0.3 is 10.1 Å². The normalized spacial score (nSPS) is 37.1. The molecule has 2 atom stereocenters.